The molecule has 0 bridgehead atoms. The maximum Gasteiger partial charge on any atom is 0.120 e. The Balaban J connectivity index is 2.68. The third-order valence-corrected chi connectivity index (χ3v) is 4.35. The van der Waals surface area contributed by atoms with Crippen LogP contribution in [-0.2, 0) is 0 Å². The van der Waals surface area contributed by atoms with Crippen molar-refractivity contribution in [3.63, 3.8) is 0 Å². The van der Waals surface area contributed by atoms with Crippen molar-refractivity contribution in [2.24, 2.45) is 0 Å². The normalized spacial score (nSPS) is 10.8. The third kappa shape index (κ3) is 2.11. The summed E-state index contributed by atoms with van der Waals surface area (Å²) < 4.78 is 6.45. The Morgan fingerprint density at radius 2 is 2.19 bits per heavy atom. The SMILES string of the molecule is CCOc1ccc2nc(C)c(I)c(Cl)c2c1. The number of aromatic nitrogens is 1. The fraction of sp³-hybridized carbons (Fsp3) is 0.250. The van der Waals surface area contributed by atoms with Crippen molar-refractivity contribution in [1.29, 1.82) is 0 Å². The molecule has 0 radical (unpaired) electrons. The van der Waals surface area contributed by atoms with Gasteiger partial charge in [-0.2, -0.15) is 0 Å². The molecule has 0 aliphatic rings. The molecule has 0 unspecified atom stereocenters. The van der Waals surface area contributed by atoms with Crippen LogP contribution in [0.15, 0.2) is 18.2 Å². The summed E-state index contributed by atoms with van der Waals surface area (Å²) in [7, 11) is 0. The van der Waals surface area contributed by atoms with Gasteiger partial charge in [0.15, 0.2) is 0 Å². The van der Waals surface area contributed by atoms with E-state index in [9.17, 15) is 0 Å². The first kappa shape index (κ1) is 11.9. The molecule has 0 saturated carbocycles. The van der Waals surface area contributed by atoms with E-state index in [2.05, 4.69) is 27.6 Å². The van der Waals surface area contributed by atoms with Crippen molar-refractivity contribution >= 4 is 45.1 Å². The standard InChI is InChI=1S/C12H11ClINO/c1-3-16-8-4-5-10-9(6-8)11(13)12(14)7(2)15-10/h4-6H,3H2,1-2H3. The zero-order chi connectivity index (χ0) is 11.7. The van der Waals surface area contributed by atoms with Crippen LogP contribution in [0.25, 0.3) is 10.9 Å². The number of hydrogen-bond donors (Lipinski definition) is 0. The first-order valence-electron chi connectivity index (χ1n) is 5.01. The van der Waals surface area contributed by atoms with Crippen LogP contribution in [0, 0.1) is 10.5 Å². The predicted molar refractivity (Wildman–Crippen MR) is 75.4 cm³/mol. The largest absolute Gasteiger partial charge is 0.494 e. The van der Waals surface area contributed by atoms with Crippen LogP contribution >= 0.6 is 34.2 Å². The molecule has 0 spiro atoms. The van der Waals surface area contributed by atoms with Crippen molar-refractivity contribution in [3.05, 3.63) is 32.5 Å². The van der Waals surface area contributed by atoms with Crippen LogP contribution in [-0.4, -0.2) is 11.6 Å². The second-order valence-corrected chi connectivity index (χ2v) is 4.89. The summed E-state index contributed by atoms with van der Waals surface area (Å²) in [5.41, 5.74) is 1.87. The minimum absolute atomic E-state index is 0.652. The minimum atomic E-state index is 0.652. The Morgan fingerprint density at radius 3 is 2.88 bits per heavy atom. The second-order valence-electron chi connectivity index (χ2n) is 3.44. The maximum atomic E-state index is 6.30. The number of nitrogens with zero attached hydrogens (tertiary/aromatic N) is 1. The molecule has 2 aromatic rings. The van der Waals surface area contributed by atoms with E-state index in [-0.39, 0.29) is 0 Å². The lowest BCUT2D eigenvalue weighted by Gasteiger charge is -2.08. The minimum Gasteiger partial charge on any atom is -0.494 e. The average molecular weight is 348 g/mol. The summed E-state index contributed by atoms with van der Waals surface area (Å²) in [6.45, 7) is 4.58. The highest BCUT2D eigenvalue weighted by molar-refractivity contribution is 14.1. The maximum absolute atomic E-state index is 6.30. The number of fused-ring (bicyclic) bond motifs is 1. The smallest absolute Gasteiger partial charge is 0.120 e. The molecule has 0 N–H and O–H groups in total. The fourth-order valence-corrected chi connectivity index (χ4v) is 2.25. The number of aryl methyl sites for hydroxylation is 1. The molecule has 1 aromatic heterocycles. The predicted octanol–water partition coefficient (Wildman–Crippen LogP) is 4.20. The van der Waals surface area contributed by atoms with Gasteiger partial charge in [0.2, 0.25) is 0 Å². The van der Waals surface area contributed by atoms with Crippen LogP contribution in [0.3, 0.4) is 0 Å². The van der Waals surface area contributed by atoms with E-state index in [0.717, 1.165) is 30.9 Å². The zero-order valence-corrected chi connectivity index (χ0v) is 12.0. The monoisotopic (exact) mass is 347 g/mol. The van der Waals surface area contributed by atoms with Crippen LogP contribution in [0.5, 0.6) is 5.75 Å². The first-order valence-corrected chi connectivity index (χ1v) is 6.47. The van der Waals surface area contributed by atoms with Crippen LogP contribution in [0.1, 0.15) is 12.6 Å². The highest BCUT2D eigenvalue weighted by Gasteiger charge is 2.09. The number of halogens is 2. The molecule has 0 amide bonds. The van der Waals surface area contributed by atoms with Crippen molar-refractivity contribution in [2.45, 2.75) is 13.8 Å². The second kappa shape index (κ2) is 4.75. The topological polar surface area (TPSA) is 22.1 Å². The molecule has 0 aliphatic heterocycles. The van der Waals surface area contributed by atoms with Gasteiger partial charge in [0.05, 0.1) is 26.4 Å². The number of rotatable bonds is 2. The van der Waals surface area contributed by atoms with E-state index in [1.165, 1.54) is 0 Å². The summed E-state index contributed by atoms with van der Waals surface area (Å²) in [5.74, 6) is 0.832. The molecule has 4 heteroatoms. The highest BCUT2D eigenvalue weighted by Crippen LogP contribution is 2.31. The van der Waals surface area contributed by atoms with Gasteiger partial charge in [-0.25, -0.2) is 0 Å². The lowest BCUT2D eigenvalue weighted by Crippen LogP contribution is -1.94. The Kier molecular flexibility index (Phi) is 3.54. The van der Waals surface area contributed by atoms with Crippen molar-refractivity contribution in [3.8, 4) is 5.75 Å². The lowest BCUT2D eigenvalue weighted by atomic mass is 10.2. The number of pyridine rings is 1. The molecule has 2 nitrogen and oxygen atoms in total. The molecule has 0 aliphatic carbocycles. The van der Waals surface area contributed by atoms with E-state index < -0.39 is 0 Å². The molecule has 0 saturated heterocycles. The Morgan fingerprint density at radius 1 is 1.44 bits per heavy atom. The van der Waals surface area contributed by atoms with Gasteiger partial charge in [-0.15, -0.1) is 0 Å². The van der Waals surface area contributed by atoms with Gasteiger partial charge in [0, 0.05) is 5.39 Å². The highest BCUT2D eigenvalue weighted by atomic mass is 127. The van der Waals surface area contributed by atoms with Crippen molar-refractivity contribution in [2.75, 3.05) is 6.61 Å². The van der Waals surface area contributed by atoms with Gasteiger partial charge < -0.3 is 4.74 Å². The van der Waals surface area contributed by atoms with Crippen molar-refractivity contribution < 1.29 is 4.74 Å². The number of hydrogen-bond acceptors (Lipinski definition) is 2. The Hall–Kier alpha value is -0.550. The number of ether oxygens (including phenoxy) is 1. The molecule has 2 rings (SSSR count). The van der Waals surface area contributed by atoms with Gasteiger partial charge >= 0.3 is 0 Å². The van der Waals surface area contributed by atoms with E-state index in [0.29, 0.717) is 6.61 Å². The zero-order valence-electron chi connectivity index (χ0n) is 9.05. The van der Waals surface area contributed by atoms with Crippen LogP contribution in [0.4, 0.5) is 0 Å². The molecule has 1 heterocycles. The van der Waals surface area contributed by atoms with Crippen LogP contribution < -0.4 is 4.74 Å². The summed E-state index contributed by atoms with van der Waals surface area (Å²) in [5, 5.41) is 1.70. The van der Waals surface area contributed by atoms with E-state index in [4.69, 9.17) is 16.3 Å². The van der Waals surface area contributed by atoms with E-state index in [1.54, 1.807) is 0 Å². The molecular weight excluding hydrogens is 336 g/mol. The van der Waals surface area contributed by atoms with Gasteiger partial charge in [0.25, 0.3) is 0 Å². The van der Waals surface area contributed by atoms with E-state index in [1.807, 2.05) is 32.0 Å². The summed E-state index contributed by atoms with van der Waals surface area (Å²) in [6.07, 6.45) is 0. The molecule has 0 fully saturated rings. The van der Waals surface area contributed by atoms with E-state index >= 15 is 0 Å². The molecule has 16 heavy (non-hydrogen) atoms. The fourth-order valence-electron chi connectivity index (χ4n) is 1.55. The molecule has 84 valence electrons. The molecule has 1 aromatic carbocycles. The number of benzene rings is 1. The third-order valence-electron chi connectivity index (χ3n) is 2.31. The van der Waals surface area contributed by atoms with Crippen LogP contribution in [0.2, 0.25) is 5.02 Å². The molecular formula is C12H11ClINO. The summed E-state index contributed by atoms with van der Waals surface area (Å²) in [6, 6.07) is 5.80. The Labute approximate surface area is 113 Å². The first-order chi connectivity index (χ1) is 7.63. The van der Waals surface area contributed by atoms with Gasteiger partial charge in [-0.3, -0.25) is 4.98 Å². The summed E-state index contributed by atoms with van der Waals surface area (Å²) in [4.78, 5) is 4.49. The summed E-state index contributed by atoms with van der Waals surface area (Å²) >= 11 is 8.52. The van der Waals surface area contributed by atoms with Gasteiger partial charge in [-0.05, 0) is 54.6 Å². The quantitative estimate of drug-likeness (QED) is 0.760. The van der Waals surface area contributed by atoms with Gasteiger partial charge in [0.1, 0.15) is 5.75 Å². The molecule has 0 atom stereocenters. The average Bonchev–Trinajstić information content (AvgIpc) is 2.28. The lowest BCUT2D eigenvalue weighted by molar-refractivity contribution is 0.340. The van der Waals surface area contributed by atoms with Gasteiger partial charge in [-0.1, -0.05) is 11.6 Å². The van der Waals surface area contributed by atoms with Crippen molar-refractivity contribution in [1.82, 2.24) is 4.98 Å². The Bertz CT molecular complexity index is 542.